The zero-order chi connectivity index (χ0) is 11.7. The number of ketones is 1. The summed E-state index contributed by atoms with van der Waals surface area (Å²) < 4.78 is 0. The van der Waals surface area contributed by atoms with Crippen molar-refractivity contribution in [3.05, 3.63) is 52.6 Å². The molecular weight excluding hydrogens is 200 g/mol. The zero-order valence-corrected chi connectivity index (χ0v) is 9.40. The third kappa shape index (κ3) is 1.97. The van der Waals surface area contributed by atoms with E-state index in [0.29, 0.717) is 5.57 Å². The van der Waals surface area contributed by atoms with Crippen LogP contribution in [0.5, 0.6) is 0 Å². The quantitative estimate of drug-likeness (QED) is 0.727. The predicted molar refractivity (Wildman–Crippen MR) is 64.0 cm³/mol. The summed E-state index contributed by atoms with van der Waals surface area (Å²) in [5, 5.41) is 9.59. The number of benzene rings is 1. The highest BCUT2D eigenvalue weighted by molar-refractivity contribution is 6.10. The van der Waals surface area contributed by atoms with Gasteiger partial charge in [0, 0.05) is 5.57 Å². The number of carbonyl (C=O) groups is 1. The lowest BCUT2D eigenvalue weighted by atomic mass is 10.0. The van der Waals surface area contributed by atoms with Crippen molar-refractivity contribution in [2.24, 2.45) is 0 Å². The third-order valence-corrected chi connectivity index (χ3v) is 2.77. The number of aryl methyl sites for hydroxylation is 2. The van der Waals surface area contributed by atoms with E-state index >= 15 is 0 Å². The fourth-order valence-electron chi connectivity index (χ4n) is 1.84. The molecule has 0 radical (unpaired) electrons. The highest BCUT2D eigenvalue weighted by Crippen LogP contribution is 2.20. The normalized spacial score (nSPS) is 22.1. The van der Waals surface area contributed by atoms with Gasteiger partial charge in [0.05, 0.1) is 0 Å². The van der Waals surface area contributed by atoms with Gasteiger partial charge < -0.3 is 5.11 Å². The summed E-state index contributed by atoms with van der Waals surface area (Å²) in [6.07, 6.45) is 3.94. The molecule has 0 saturated heterocycles. The minimum atomic E-state index is -0.756. The van der Waals surface area contributed by atoms with Gasteiger partial charge in [-0.2, -0.15) is 0 Å². The first-order chi connectivity index (χ1) is 7.58. The lowest BCUT2D eigenvalue weighted by Gasteiger charge is -2.05. The molecule has 1 atom stereocenters. The molecule has 1 unspecified atom stereocenters. The molecule has 0 aliphatic heterocycles. The predicted octanol–water partition coefficient (Wildman–Crippen LogP) is 2.19. The first-order valence-corrected chi connectivity index (χ1v) is 5.27. The Kier molecular flexibility index (Phi) is 2.75. The van der Waals surface area contributed by atoms with E-state index in [9.17, 15) is 9.90 Å². The molecule has 1 aromatic carbocycles. The number of aliphatic hydroxyl groups excluding tert-OH is 1. The van der Waals surface area contributed by atoms with Gasteiger partial charge in [-0.3, -0.25) is 4.79 Å². The lowest BCUT2D eigenvalue weighted by Crippen LogP contribution is -2.06. The van der Waals surface area contributed by atoms with Gasteiger partial charge in [0.1, 0.15) is 6.10 Å². The molecule has 82 valence electrons. The molecule has 0 bridgehead atoms. The minimum Gasteiger partial charge on any atom is -0.384 e. The third-order valence-electron chi connectivity index (χ3n) is 2.77. The van der Waals surface area contributed by atoms with E-state index < -0.39 is 6.10 Å². The number of allylic oxidation sites excluding steroid dienone is 1. The molecule has 0 amide bonds. The van der Waals surface area contributed by atoms with Gasteiger partial charge in [-0.1, -0.05) is 23.8 Å². The average molecular weight is 214 g/mol. The second kappa shape index (κ2) is 4.06. The Hall–Kier alpha value is -1.67. The Bertz CT molecular complexity index is 495. The Balaban J connectivity index is 2.40. The van der Waals surface area contributed by atoms with Crippen LogP contribution in [0.25, 0.3) is 6.08 Å². The summed E-state index contributed by atoms with van der Waals surface area (Å²) in [6.45, 7) is 4.03. The molecule has 2 nitrogen and oxygen atoms in total. The summed E-state index contributed by atoms with van der Waals surface area (Å²) in [5.41, 5.74) is 3.74. The molecule has 2 rings (SSSR count). The summed E-state index contributed by atoms with van der Waals surface area (Å²) in [4.78, 5) is 11.5. The van der Waals surface area contributed by atoms with Crippen molar-refractivity contribution in [2.75, 3.05) is 0 Å². The molecule has 1 aliphatic rings. The number of hydrogen-bond acceptors (Lipinski definition) is 2. The average Bonchev–Trinajstić information content (AvgIpc) is 2.53. The van der Waals surface area contributed by atoms with Gasteiger partial charge in [-0.15, -0.1) is 0 Å². The van der Waals surface area contributed by atoms with E-state index in [1.807, 2.05) is 26.0 Å². The molecule has 0 aromatic heterocycles. The molecule has 2 heteroatoms. The summed E-state index contributed by atoms with van der Waals surface area (Å²) in [6, 6.07) is 6.03. The maximum Gasteiger partial charge on any atom is 0.184 e. The molecule has 1 aliphatic carbocycles. The first-order valence-electron chi connectivity index (χ1n) is 5.27. The lowest BCUT2D eigenvalue weighted by molar-refractivity contribution is -0.111. The molecular formula is C14H14O2. The molecule has 0 fully saturated rings. The fraction of sp³-hybridized carbons (Fsp3) is 0.214. The van der Waals surface area contributed by atoms with Crippen LogP contribution in [0.4, 0.5) is 0 Å². The second-order valence-corrected chi connectivity index (χ2v) is 4.13. The maximum atomic E-state index is 11.5. The van der Waals surface area contributed by atoms with Crippen molar-refractivity contribution in [1.82, 2.24) is 0 Å². The van der Waals surface area contributed by atoms with Crippen molar-refractivity contribution in [3.8, 4) is 0 Å². The van der Waals surface area contributed by atoms with Crippen LogP contribution in [0, 0.1) is 13.8 Å². The van der Waals surface area contributed by atoms with Crippen LogP contribution < -0.4 is 0 Å². The second-order valence-electron chi connectivity index (χ2n) is 4.13. The van der Waals surface area contributed by atoms with E-state index in [1.54, 1.807) is 6.08 Å². The van der Waals surface area contributed by atoms with E-state index in [2.05, 4.69) is 6.07 Å². The van der Waals surface area contributed by atoms with Gasteiger partial charge in [0.2, 0.25) is 0 Å². The number of aliphatic hydroxyl groups is 1. The van der Waals surface area contributed by atoms with Crippen molar-refractivity contribution in [2.45, 2.75) is 20.0 Å². The summed E-state index contributed by atoms with van der Waals surface area (Å²) in [7, 11) is 0. The van der Waals surface area contributed by atoms with Crippen molar-refractivity contribution in [3.63, 3.8) is 0 Å². The Morgan fingerprint density at radius 2 is 2.06 bits per heavy atom. The number of carbonyl (C=O) groups excluding carboxylic acids is 1. The van der Waals surface area contributed by atoms with Gasteiger partial charge in [0.25, 0.3) is 0 Å². The Morgan fingerprint density at radius 1 is 1.31 bits per heavy atom. The maximum absolute atomic E-state index is 11.5. The van der Waals surface area contributed by atoms with Gasteiger partial charge in [-0.25, -0.2) is 0 Å². The zero-order valence-electron chi connectivity index (χ0n) is 9.40. The van der Waals surface area contributed by atoms with Crippen LogP contribution in [-0.4, -0.2) is 17.0 Å². The Morgan fingerprint density at radius 3 is 2.62 bits per heavy atom. The monoisotopic (exact) mass is 214 g/mol. The largest absolute Gasteiger partial charge is 0.384 e. The molecule has 16 heavy (non-hydrogen) atoms. The fourth-order valence-corrected chi connectivity index (χ4v) is 1.84. The van der Waals surface area contributed by atoms with E-state index in [0.717, 1.165) is 11.1 Å². The molecule has 0 heterocycles. The van der Waals surface area contributed by atoms with Crippen LogP contribution in [0.15, 0.2) is 35.9 Å². The van der Waals surface area contributed by atoms with E-state index in [4.69, 9.17) is 0 Å². The summed E-state index contributed by atoms with van der Waals surface area (Å²) in [5.74, 6) is -0.104. The first kappa shape index (κ1) is 10.8. The summed E-state index contributed by atoms with van der Waals surface area (Å²) >= 11 is 0. The minimum absolute atomic E-state index is 0.104. The number of hydrogen-bond donors (Lipinski definition) is 1. The van der Waals surface area contributed by atoms with Gasteiger partial charge in [0.15, 0.2) is 5.78 Å². The highest BCUT2D eigenvalue weighted by atomic mass is 16.3. The van der Waals surface area contributed by atoms with Crippen LogP contribution in [-0.2, 0) is 4.79 Å². The van der Waals surface area contributed by atoms with Crippen molar-refractivity contribution < 1.29 is 9.90 Å². The molecule has 1 N–H and O–H groups in total. The SMILES string of the molecule is Cc1ccc(C=C2C(=O)C=CC2O)c(C)c1. The van der Waals surface area contributed by atoms with E-state index in [1.165, 1.54) is 17.7 Å². The van der Waals surface area contributed by atoms with Gasteiger partial charge in [-0.05, 0) is 43.2 Å². The topological polar surface area (TPSA) is 37.3 Å². The van der Waals surface area contributed by atoms with Gasteiger partial charge >= 0.3 is 0 Å². The number of rotatable bonds is 1. The van der Waals surface area contributed by atoms with Crippen LogP contribution in [0.3, 0.4) is 0 Å². The van der Waals surface area contributed by atoms with Crippen molar-refractivity contribution in [1.29, 1.82) is 0 Å². The Labute approximate surface area is 94.9 Å². The molecule has 1 aromatic rings. The van der Waals surface area contributed by atoms with Crippen LogP contribution in [0.1, 0.15) is 16.7 Å². The smallest absolute Gasteiger partial charge is 0.184 e. The highest BCUT2D eigenvalue weighted by Gasteiger charge is 2.20. The molecule has 0 spiro atoms. The standard InChI is InChI=1S/C14H14O2/c1-9-3-4-11(10(2)7-9)8-12-13(15)5-6-14(12)16/h3-8,13,15H,1-2H3. The van der Waals surface area contributed by atoms with Crippen molar-refractivity contribution >= 4 is 11.9 Å². The van der Waals surface area contributed by atoms with Crippen LogP contribution >= 0.6 is 0 Å². The molecule has 0 saturated carbocycles. The van der Waals surface area contributed by atoms with E-state index in [-0.39, 0.29) is 5.78 Å². The van der Waals surface area contributed by atoms with Crippen LogP contribution in [0.2, 0.25) is 0 Å².